The summed E-state index contributed by atoms with van der Waals surface area (Å²) in [4.78, 5) is 11.1. The van der Waals surface area contributed by atoms with Crippen LogP contribution in [0.5, 0.6) is 0 Å². The number of esters is 1. The first-order chi connectivity index (χ1) is 7.20. The zero-order valence-corrected chi connectivity index (χ0v) is 10.5. The molecule has 0 amide bonds. The van der Waals surface area contributed by atoms with Crippen molar-refractivity contribution in [1.29, 1.82) is 0 Å². The van der Waals surface area contributed by atoms with Gasteiger partial charge in [-0.15, -0.1) is 11.3 Å². The van der Waals surface area contributed by atoms with E-state index in [1.807, 2.05) is 23.6 Å². The highest BCUT2D eigenvalue weighted by atomic mass is 79.9. The van der Waals surface area contributed by atoms with Gasteiger partial charge in [-0.3, -0.25) is 4.79 Å². The molecule has 0 aliphatic carbocycles. The summed E-state index contributed by atoms with van der Waals surface area (Å²) in [7, 11) is 1.40. The molecule has 0 atom stereocenters. The average Bonchev–Trinajstić information content (AvgIpc) is 2.60. The number of carbonyl (C=O) groups excluding carboxylic acids is 1. The molecule has 0 bridgehead atoms. The third kappa shape index (κ3) is 2.21. The van der Waals surface area contributed by atoms with Gasteiger partial charge in [-0.2, -0.15) is 0 Å². The fourth-order valence-electron chi connectivity index (χ4n) is 1.39. The summed E-state index contributed by atoms with van der Waals surface area (Å²) < 4.78 is 6.93. The number of methoxy groups -OCH3 is 1. The van der Waals surface area contributed by atoms with Crippen LogP contribution in [0.15, 0.2) is 28.1 Å². The van der Waals surface area contributed by atoms with E-state index >= 15 is 0 Å². The van der Waals surface area contributed by atoms with Gasteiger partial charge in [-0.1, -0.05) is 6.07 Å². The van der Waals surface area contributed by atoms with Gasteiger partial charge in [0.1, 0.15) is 0 Å². The monoisotopic (exact) mass is 284 g/mol. The SMILES string of the molecule is COC(=O)Cc1ccc2scc(Br)c2c1. The van der Waals surface area contributed by atoms with E-state index in [1.165, 1.54) is 11.8 Å². The molecule has 0 fully saturated rings. The van der Waals surface area contributed by atoms with Gasteiger partial charge in [-0.05, 0) is 33.6 Å². The number of ether oxygens (including phenoxy) is 1. The van der Waals surface area contributed by atoms with E-state index in [4.69, 9.17) is 0 Å². The van der Waals surface area contributed by atoms with Gasteiger partial charge in [-0.25, -0.2) is 0 Å². The maximum absolute atomic E-state index is 11.1. The molecule has 0 radical (unpaired) electrons. The molecule has 0 aliphatic heterocycles. The number of rotatable bonds is 2. The number of halogens is 1. The van der Waals surface area contributed by atoms with Gasteiger partial charge in [0.15, 0.2) is 0 Å². The lowest BCUT2D eigenvalue weighted by Crippen LogP contribution is -2.03. The van der Waals surface area contributed by atoms with Crippen molar-refractivity contribution < 1.29 is 9.53 Å². The molecule has 4 heteroatoms. The van der Waals surface area contributed by atoms with Crippen LogP contribution >= 0.6 is 27.3 Å². The lowest BCUT2D eigenvalue weighted by molar-refractivity contribution is -0.139. The van der Waals surface area contributed by atoms with Crippen LogP contribution in [-0.2, 0) is 16.0 Å². The molecule has 0 N–H and O–H groups in total. The molecular weight excluding hydrogens is 276 g/mol. The third-order valence-electron chi connectivity index (χ3n) is 2.17. The first-order valence-corrected chi connectivity index (χ1v) is 6.10. The Balaban J connectivity index is 2.37. The van der Waals surface area contributed by atoms with Crippen molar-refractivity contribution in [3.05, 3.63) is 33.6 Å². The maximum Gasteiger partial charge on any atom is 0.309 e. The molecule has 15 heavy (non-hydrogen) atoms. The maximum atomic E-state index is 11.1. The lowest BCUT2D eigenvalue weighted by atomic mass is 10.1. The summed E-state index contributed by atoms with van der Waals surface area (Å²) in [5.74, 6) is -0.208. The molecule has 0 unspecified atom stereocenters. The standard InChI is InChI=1S/C11H9BrO2S/c1-14-11(13)5-7-2-3-10-8(4-7)9(12)6-15-10/h2-4,6H,5H2,1H3. The summed E-state index contributed by atoms with van der Waals surface area (Å²) in [6, 6.07) is 6.01. The Morgan fingerprint density at radius 1 is 1.53 bits per heavy atom. The van der Waals surface area contributed by atoms with Crippen LogP contribution in [0.3, 0.4) is 0 Å². The van der Waals surface area contributed by atoms with E-state index in [1.54, 1.807) is 11.3 Å². The Morgan fingerprint density at radius 3 is 3.07 bits per heavy atom. The molecule has 1 heterocycles. The number of hydrogen-bond acceptors (Lipinski definition) is 3. The van der Waals surface area contributed by atoms with Gasteiger partial charge in [0.25, 0.3) is 0 Å². The summed E-state index contributed by atoms with van der Waals surface area (Å²) in [5, 5.41) is 3.20. The van der Waals surface area contributed by atoms with E-state index in [2.05, 4.69) is 20.7 Å². The van der Waals surface area contributed by atoms with Gasteiger partial charge in [0, 0.05) is 19.9 Å². The summed E-state index contributed by atoms with van der Waals surface area (Å²) >= 11 is 5.16. The highest BCUT2D eigenvalue weighted by Crippen LogP contribution is 2.30. The number of fused-ring (bicyclic) bond motifs is 1. The van der Waals surface area contributed by atoms with E-state index in [-0.39, 0.29) is 5.97 Å². The Bertz CT molecular complexity index is 504. The minimum atomic E-state index is -0.208. The van der Waals surface area contributed by atoms with Gasteiger partial charge >= 0.3 is 5.97 Å². The number of thiophene rings is 1. The Kier molecular flexibility index (Phi) is 3.07. The molecule has 0 aliphatic rings. The molecule has 0 saturated heterocycles. The molecule has 1 aromatic heterocycles. The molecule has 1 aromatic carbocycles. The van der Waals surface area contributed by atoms with E-state index in [0.29, 0.717) is 6.42 Å². The van der Waals surface area contributed by atoms with Gasteiger partial charge in [0.2, 0.25) is 0 Å². The van der Waals surface area contributed by atoms with E-state index in [0.717, 1.165) is 15.4 Å². The number of benzene rings is 1. The Labute approximate surface area is 100.0 Å². The minimum Gasteiger partial charge on any atom is -0.469 e. The van der Waals surface area contributed by atoms with Crippen LogP contribution in [0.25, 0.3) is 10.1 Å². The first kappa shape index (κ1) is 10.6. The second-order valence-corrected chi connectivity index (χ2v) is 4.93. The van der Waals surface area contributed by atoms with Crippen LogP contribution in [0, 0.1) is 0 Å². The predicted molar refractivity (Wildman–Crippen MR) is 65.2 cm³/mol. The normalized spacial score (nSPS) is 10.5. The molecule has 0 spiro atoms. The predicted octanol–water partition coefficient (Wildman–Crippen LogP) is 3.38. The van der Waals surface area contributed by atoms with E-state index < -0.39 is 0 Å². The number of carbonyl (C=O) groups is 1. The highest BCUT2D eigenvalue weighted by molar-refractivity contribution is 9.10. The van der Waals surface area contributed by atoms with Crippen molar-refractivity contribution in [3.8, 4) is 0 Å². The quantitative estimate of drug-likeness (QED) is 0.791. The van der Waals surface area contributed by atoms with Crippen molar-refractivity contribution in [2.75, 3.05) is 7.11 Å². The minimum absolute atomic E-state index is 0.208. The van der Waals surface area contributed by atoms with Crippen molar-refractivity contribution >= 4 is 43.3 Å². The van der Waals surface area contributed by atoms with E-state index in [9.17, 15) is 4.79 Å². The zero-order chi connectivity index (χ0) is 10.8. The third-order valence-corrected chi connectivity index (χ3v) is 4.09. The van der Waals surface area contributed by atoms with Crippen LogP contribution < -0.4 is 0 Å². The zero-order valence-electron chi connectivity index (χ0n) is 8.12. The molecule has 0 saturated carbocycles. The van der Waals surface area contributed by atoms with Crippen LogP contribution in [0.4, 0.5) is 0 Å². The fourth-order valence-corrected chi connectivity index (χ4v) is 2.93. The molecule has 78 valence electrons. The first-order valence-electron chi connectivity index (χ1n) is 4.43. The van der Waals surface area contributed by atoms with Crippen LogP contribution in [0.1, 0.15) is 5.56 Å². The van der Waals surface area contributed by atoms with Gasteiger partial charge < -0.3 is 4.74 Å². The van der Waals surface area contributed by atoms with Crippen LogP contribution in [0.2, 0.25) is 0 Å². The number of hydrogen-bond donors (Lipinski definition) is 0. The lowest BCUT2D eigenvalue weighted by Gasteiger charge is -2.00. The van der Waals surface area contributed by atoms with Crippen molar-refractivity contribution in [2.24, 2.45) is 0 Å². The molecule has 2 rings (SSSR count). The largest absolute Gasteiger partial charge is 0.469 e. The van der Waals surface area contributed by atoms with Crippen LogP contribution in [-0.4, -0.2) is 13.1 Å². The van der Waals surface area contributed by atoms with Crippen molar-refractivity contribution in [3.63, 3.8) is 0 Å². The fraction of sp³-hybridized carbons (Fsp3) is 0.182. The second-order valence-electron chi connectivity index (χ2n) is 3.17. The van der Waals surface area contributed by atoms with Crippen molar-refractivity contribution in [1.82, 2.24) is 0 Å². The van der Waals surface area contributed by atoms with Crippen molar-refractivity contribution in [2.45, 2.75) is 6.42 Å². The summed E-state index contributed by atoms with van der Waals surface area (Å²) in [6.07, 6.45) is 0.328. The molecular formula is C11H9BrO2S. The topological polar surface area (TPSA) is 26.3 Å². The highest BCUT2D eigenvalue weighted by Gasteiger charge is 2.06. The van der Waals surface area contributed by atoms with Gasteiger partial charge in [0.05, 0.1) is 13.5 Å². The molecule has 2 nitrogen and oxygen atoms in total. The summed E-state index contributed by atoms with van der Waals surface area (Å²) in [6.45, 7) is 0. The smallest absolute Gasteiger partial charge is 0.309 e. The Hall–Kier alpha value is -0.870. The molecule has 2 aromatic rings. The second kappa shape index (κ2) is 4.33. The Morgan fingerprint density at radius 2 is 2.33 bits per heavy atom. The average molecular weight is 285 g/mol. The summed E-state index contributed by atoms with van der Waals surface area (Å²) in [5.41, 5.74) is 0.980.